The number of rotatable bonds is 2. The van der Waals surface area contributed by atoms with E-state index in [4.69, 9.17) is 5.26 Å². The second-order valence-corrected chi connectivity index (χ2v) is 4.31. The molecule has 1 fully saturated rings. The lowest BCUT2D eigenvalue weighted by molar-refractivity contribution is -0.133. The molecule has 1 N–H and O–H groups in total. The van der Waals surface area contributed by atoms with E-state index in [1.165, 1.54) is 0 Å². The van der Waals surface area contributed by atoms with Crippen LogP contribution in [-0.2, 0) is 4.79 Å². The van der Waals surface area contributed by atoms with Crippen LogP contribution in [0.4, 0.5) is 5.69 Å². The van der Waals surface area contributed by atoms with Gasteiger partial charge in [-0.1, -0.05) is 0 Å². The van der Waals surface area contributed by atoms with Crippen LogP contribution in [0.3, 0.4) is 0 Å². The van der Waals surface area contributed by atoms with Gasteiger partial charge in [0.25, 0.3) is 0 Å². The van der Waals surface area contributed by atoms with Crippen molar-refractivity contribution in [2.75, 3.05) is 31.6 Å². The summed E-state index contributed by atoms with van der Waals surface area (Å²) in [5, 5.41) is 18.1. The largest absolute Gasteiger partial charge is 0.394 e. The van der Waals surface area contributed by atoms with Crippen LogP contribution >= 0.6 is 0 Å². The van der Waals surface area contributed by atoms with E-state index >= 15 is 0 Å². The zero-order valence-electron chi connectivity index (χ0n) is 10.2. The Morgan fingerprint density at radius 3 is 2.61 bits per heavy atom. The Bertz CT molecular complexity index is 478. The molecule has 2 rings (SSSR count). The molecule has 1 heterocycles. The molecule has 1 saturated heterocycles. The average Bonchev–Trinajstić information content (AvgIpc) is 2.42. The van der Waals surface area contributed by atoms with Crippen molar-refractivity contribution in [3.05, 3.63) is 29.8 Å². The van der Waals surface area contributed by atoms with Crippen molar-refractivity contribution in [3.8, 4) is 6.07 Å². The number of piperazine rings is 1. The summed E-state index contributed by atoms with van der Waals surface area (Å²) in [6, 6.07) is 8.56. The lowest BCUT2D eigenvalue weighted by atomic mass is 10.1. The maximum absolute atomic E-state index is 11.9. The fraction of sp³-hybridized carbons (Fsp3) is 0.385. The average molecular weight is 245 g/mol. The Morgan fingerprint density at radius 1 is 1.39 bits per heavy atom. The van der Waals surface area contributed by atoms with Gasteiger partial charge in [0.2, 0.25) is 5.91 Å². The number of aliphatic hydroxyl groups excluding tert-OH is 1. The third-order valence-corrected chi connectivity index (χ3v) is 3.21. The van der Waals surface area contributed by atoms with Crippen molar-refractivity contribution in [2.45, 2.75) is 6.04 Å². The number of aliphatic hydroxyl groups is 1. The molecular weight excluding hydrogens is 230 g/mol. The number of carbonyl (C=O) groups is 1. The number of hydrogen-bond acceptors (Lipinski definition) is 4. The summed E-state index contributed by atoms with van der Waals surface area (Å²) in [6.45, 7) is 1.11. The van der Waals surface area contributed by atoms with Crippen LogP contribution in [0.1, 0.15) is 5.56 Å². The highest BCUT2D eigenvalue weighted by Crippen LogP contribution is 2.21. The minimum Gasteiger partial charge on any atom is -0.394 e. The van der Waals surface area contributed by atoms with Crippen molar-refractivity contribution < 1.29 is 9.90 Å². The van der Waals surface area contributed by atoms with E-state index in [1.54, 1.807) is 36.2 Å². The van der Waals surface area contributed by atoms with Crippen LogP contribution in [0.5, 0.6) is 0 Å². The van der Waals surface area contributed by atoms with Gasteiger partial charge >= 0.3 is 0 Å². The second kappa shape index (κ2) is 5.07. The van der Waals surface area contributed by atoms with E-state index in [1.807, 2.05) is 4.90 Å². The van der Waals surface area contributed by atoms with Gasteiger partial charge in [-0.2, -0.15) is 5.26 Å². The Kier molecular flexibility index (Phi) is 3.49. The van der Waals surface area contributed by atoms with E-state index in [-0.39, 0.29) is 12.5 Å². The SMILES string of the molecule is CN1CCN(c2ccc(C#N)cc2)C(CO)C1=O. The molecule has 0 bridgehead atoms. The highest BCUT2D eigenvalue weighted by molar-refractivity contribution is 5.86. The van der Waals surface area contributed by atoms with Crippen LogP contribution in [0, 0.1) is 11.3 Å². The van der Waals surface area contributed by atoms with E-state index in [2.05, 4.69) is 6.07 Å². The van der Waals surface area contributed by atoms with Gasteiger partial charge in [-0.15, -0.1) is 0 Å². The number of nitriles is 1. The van der Waals surface area contributed by atoms with Crippen LogP contribution < -0.4 is 4.90 Å². The zero-order chi connectivity index (χ0) is 13.1. The van der Waals surface area contributed by atoms with Crippen LogP contribution in [0.25, 0.3) is 0 Å². The molecule has 1 unspecified atom stereocenters. The second-order valence-electron chi connectivity index (χ2n) is 4.31. The standard InChI is InChI=1S/C13H15N3O2/c1-15-6-7-16(12(9-17)13(15)18)11-4-2-10(8-14)3-5-11/h2-5,12,17H,6-7,9H2,1H3. The minimum absolute atomic E-state index is 0.0758. The Hall–Kier alpha value is -2.06. The summed E-state index contributed by atoms with van der Waals surface area (Å²) in [5.41, 5.74) is 1.44. The van der Waals surface area contributed by atoms with E-state index in [0.29, 0.717) is 18.7 Å². The Morgan fingerprint density at radius 2 is 2.06 bits per heavy atom. The van der Waals surface area contributed by atoms with Gasteiger partial charge in [0.1, 0.15) is 6.04 Å². The Labute approximate surface area is 106 Å². The smallest absolute Gasteiger partial charge is 0.247 e. The first-order chi connectivity index (χ1) is 8.67. The van der Waals surface area contributed by atoms with E-state index < -0.39 is 6.04 Å². The molecular formula is C13H15N3O2. The van der Waals surface area contributed by atoms with Crippen molar-refractivity contribution >= 4 is 11.6 Å². The number of carbonyl (C=O) groups excluding carboxylic acids is 1. The number of benzene rings is 1. The number of hydrogen-bond donors (Lipinski definition) is 1. The normalized spacial score (nSPS) is 19.8. The molecule has 0 aromatic heterocycles. The summed E-state index contributed by atoms with van der Waals surface area (Å²) in [7, 11) is 1.74. The predicted molar refractivity (Wildman–Crippen MR) is 67.0 cm³/mol. The molecule has 1 aliphatic rings. The van der Waals surface area contributed by atoms with Gasteiger partial charge in [-0.25, -0.2) is 0 Å². The first-order valence-electron chi connectivity index (χ1n) is 5.80. The molecule has 5 heteroatoms. The van der Waals surface area contributed by atoms with E-state index in [9.17, 15) is 9.90 Å². The molecule has 0 saturated carbocycles. The molecule has 1 aromatic rings. The minimum atomic E-state index is -0.531. The molecule has 1 aliphatic heterocycles. The number of amides is 1. The third-order valence-electron chi connectivity index (χ3n) is 3.21. The van der Waals surface area contributed by atoms with Gasteiger partial charge in [0.05, 0.1) is 18.2 Å². The van der Waals surface area contributed by atoms with Gasteiger partial charge in [0, 0.05) is 25.8 Å². The third kappa shape index (κ3) is 2.15. The molecule has 0 spiro atoms. The number of nitrogens with zero attached hydrogens (tertiary/aromatic N) is 3. The molecule has 1 atom stereocenters. The molecule has 1 aromatic carbocycles. The molecule has 1 amide bonds. The van der Waals surface area contributed by atoms with Gasteiger partial charge in [-0.05, 0) is 24.3 Å². The molecule has 0 aliphatic carbocycles. The van der Waals surface area contributed by atoms with Gasteiger partial charge < -0.3 is 14.9 Å². The predicted octanol–water partition coefficient (Wildman–Crippen LogP) is 0.198. The molecule has 5 nitrogen and oxygen atoms in total. The van der Waals surface area contributed by atoms with Gasteiger partial charge in [0.15, 0.2) is 0 Å². The summed E-state index contributed by atoms with van der Waals surface area (Å²) in [5.74, 6) is -0.0758. The fourth-order valence-corrected chi connectivity index (χ4v) is 2.12. The monoisotopic (exact) mass is 245 g/mol. The lowest BCUT2D eigenvalue weighted by Crippen LogP contribution is -2.57. The topological polar surface area (TPSA) is 67.6 Å². The van der Waals surface area contributed by atoms with Crippen LogP contribution in [-0.4, -0.2) is 48.7 Å². The van der Waals surface area contributed by atoms with E-state index in [0.717, 1.165) is 5.69 Å². The highest BCUT2D eigenvalue weighted by atomic mass is 16.3. The molecule has 0 radical (unpaired) electrons. The molecule has 18 heavy (non-hydrogen) atoms. The Balaban J connectivity index is 2.25. The highest BCUT2D eigenvalue weighted by Gasteiger charge is 2.32. The summed E-state index contributed by atoms with van der Waals surface area (Å²) in [6.07, 6.45) is 0. The summed E-state index contributed by atoms with van der Waals surface area (Å²) >= 11 is 0. The van der Waals surface area contributed by atoms with Gasteiger partial charge in [-0.3, -0.25) is 4.79 Å². The maximum atomic E-state index is 11.9. The number of likely N-dealkylation sites (N-methyl/N-ethyl adjacent to an activating group) is 1. The first-order valence-corrected chi connectivity index (χ1v) is 5.80. The van der Waals surface area contributed by atoms with Crippen molar-refractivity contribution in [3.63, 3.8) is 0 Å². The zero-order valence-corrected chi connectivity index (χ0v) is 10.2. The van der Waals surface area contributed by atoms with Crippen LogP contribution in [0.2, 0.25) is 0 Å². The van der Waals surface area contributed by atoms with Crippen LogP contribution in [0.15, 0.2) is 24.3 Å². The molecule has 94 valence electrons. The quantitative estimate of drug-likeness (QED) is 0.808. The maximum Gasteiger partial charge on any atom is 0.247 e. The van der Waals surface area contributed by atoms with Crippen molar-refractivity contribution in [1.82, 2.24) is 4.90 Å². The number of anilines is 1. The first kappa shape index (κ1) is 12.4. The van der Waals surface area contributed by atoms with Crippen molar-refractivity contribution in [1.29, 1.82) is 5.26 Å². The fourth-order valence-electron chi connectivity index (χ4n) is 2.12. The summed E-state index contributed by atoms with van der Waals surface area (Å²) in [4.78, 5) is 15.4. The van der Waals surface area contributed by atoms with Crippen molar-refractivity contribution in [2.24, 2.45) is 0 Å². The lowest BCUT2D eigenvalue weighted by Gasteiger charge is -2.39. The summed E-state index contributed by atoms with van der Waals surface area (Å²) < 4.78 is 0.